The summed E-state index contributed by atoms with van der Waals surface area (Å²) >= 11 is 0. The molecule has 122 valence electrons. The third-order valence-electron chi connectivity index (χ3n) is 4.32. The van der Waals surface area contributed by atoms with Crippen molar-refractivity contribution in [1.82, 2.24) is 15.1 Å². The molecule has 2 rings (SSSR count). The number of hydrogen-bond donors (Lipinski definition) is 1. The molecule has 0 bridgehead atoms. The smallest absolute Gasteiger partial charge is 0.223 e. The lowest BCUT2D eigenvalue weighted by Gasteiger charge is -2.30. The van der Waals surface area contributed by atoms with Gasteiger partial charge < -0.3 is 10.2 Å². The van der Waals surface area contributed by atoms with Crippen molar-refractivity contribution in [1.29, 1.82) is 0 Å². The zero-order chi connectivity index (χ0) is 15.3. The van der Waals surface area contributed by atoms with E-state index in [-0.39, 0.29) is 17.7 Å². The fourth-order valence-electron chi connectivity index (χ4n) is 3.14. The van der Waals surface area contributed by atoms with Crippen LogP contribution in [-0.2, 0) is 14.6 Å². The van der Waals surface area contributed by atoms with E-state index in [4.69, 9.17) is 0 Å². The van der Waals surface area contributed by atoms with Gasteiger partial charge in [-0.25, -0.2) is 8.42 Å². The van der Waals surface area contributed by atoms with Crippen LogP contribution in [0, 0.1) is 0 Å². The summed E-state index contributed by atoms with van der Waals surface area (Å²) in [6.45, 7) is 6.94. The van der Waals surface area contributed by atoms with E-state index in [0.29, 0.717) is 25.1 Å². The molecule has 1 unspecified atom stereocenters. The highest BCUT2D eigenvalue weighted by molar-refractivity contribution is 7.91. The molecule has 1 atom stereocenters. The number of amides is 1. The third-order valence-corrected chi connectivity index (χ3v) is 6.07. The number of carbonyl (C=O) groups excluding carboxylic acids is 1. The maximum absolute atomic E-state index is 12.2. The second-order valence-corrected chi connectivity index (χ2v) is 8.20. The minimum absolute atomic E-state index is 0.103. The molecular weight excluding hydrogens is 290 g/mol. The van der Waals surface area contributed by atoms with Crippen LogP contribution in [0.2, 0.25) is 0 Å². The Bertz CT molecular complexity index is 446. The molecule has 0 aliphatic carbocycles. The maximum Gasteiger partial charge on any atom is 0.223 e. The molecule has 7 heteroatoms. The molecule has 2 aliphatic heterocycles. The molecule has 21 heavy (non-hydrogen) atoms. The molecule has 0 aromatic carbocycles. The molecule has 1 N–H and O–H groups in total. The van der Waals surface area contributed by atoms with Crippen molar-refractivity contribution in [2.45, 2.75) is 32.2 Å². The van der Waals surface area contributed by atoms with Gasteiger partial charge in [-0.2, -0.15) is 0 Å². The molecule has 0 saturated carbocycles. The van der Waals surface area contributed by atoms with Gasteiger partial charge >= 0.3 is 0 Å². The SMILES string of the molecule is CCCN(CCC(=O)N1CCNCC1)C1CCS(=O)(=O)C1. The Labute approximate surface area is 127 Å². The maximum atomic E-state index is 12.2. The number of nitrogens with one attached hydrogen (secondary N) is 1. The molecule has 2 fully saturated rings. The predicted molar refractivity (Wildman–Crippen MR) is 83.0 cm³/mol. The van der Waals surface area contributed by atoms with Crippen molar-refractivity contribution in [3.05, 3.63) is 0 Å². The van der Waals surface area contributed by atoms with Gasteiger partial charge in [0.05, 0.1) is 11.5 Å². The highest BCUT2D eigenvalue weighted by atomic mass is 32.2. The Morgan fingerprint density at radius 2 is 2.00 bits per heavy atom. The van der Waals surface area contributed by atoms with Crippen LogP contribution in [0.15, 0.2) is 0 Å². The highest BCUT2D eigenvalue weighted by Gasteiger charge is 2.32. The number of nitrogens with zero attached hydrogens (tertiary/aromatic N) is 2. The van der Waals surface area contributed by atoms with Gasteiger partial charge in [0.2, 0.25) is 5.91 Å². The lowest BCUT2D eigenvalue weighted by atomic mass is 10.2. The standard InChI is InChI=1S/C14H27N3O3S/c1-2-7-16(13-4-11-21(19,20)12-13)8-3-14(18)17-9-5-15-6-10-17/h13,15H,2-12H2,1H3. The number of rotatable bonds is 6. The van der Waals surface area contributed by atoms with Gasteiger partial charge in [-0.05, 0) is 19.4 Å². The first-order valence-corrected chi connectivity index (χ1v) is 9.77. The topological polar surface area (TPSA) is 69.7 Å². The van der Waals surface area contributed by atoms with Crippen molar-refractivity contribution in [3.63, 3.8) is 0 Å². The Morgan fingerprint density at radius 3 is 2.57 bits per heavy atom. The first kappa shape index (κ1) is 16.7. The predicted octanol–water partition coefficient (Wildman–Crippen LogP) is -0.293. The second kappa shape index (κ2) is 7.56. The molecular formula is C14H27N3O3S. The van der Waals surface area contributed by atoms with Gasteiger partial charge in [-0.3, -0.25) is 9.69 Å². The summed E-state index contributed by atoms with van der Waals surface area (Å²) in [4.78, 5) is 16.3. The third kappa shape index (κ3) is 4.93. The van der Waals surface area contributed by atoms with Gasteiger partial charge in [0.1, 0.15) is 0 Å². The molecule has 0 radical (unpaired) electrons. The lowest BCUT2D eigenvalue weighted by molar-refractivity contribution is -0.132. The number of hydrogen-bond acceptors (Lipinski definition) is 5. The van der Waals surface area contributed by atoms with E-state index in [1.807, 2.05) is 4.90 Å². The Balaban J connectivity index is 1.83. The number of sulfone groups is 1. The van der Waals surface area contributed by atoms with Crippen molar-refractivity contribution in [2.24, 2.45) is 0 Å². The minimum atomic E-state index is -2.86. The number of piperazine rings is 1. The first-order chi connectivity index (χ1) is 10.0. The normalized spacial score (nSPS) is 25.4. The van der Waals surface area contributed by atoms with Crippen molar-refractivity contribution < 1.29 is 13.2 Å². The van der Waals surface area contributed by atoms with Crippen LogP contribution in [0.3, 0.4) is 0 Å². The van der Waals surface area contributed by atoms with Crippen molar-refractivity contribution >= 4 is 15.7 Å². The monoisotopic (exact) mass is 317 g/mol. The lowest BCUT2D eigenvalue weighted by Crippen LogP contribution is -2.47. The Hall–Kier alpha value is -0.660. The van der Waals surface area contributed by atoms with Crippen LogP contribution in [0.4, 0.5) is 0 Å². The van der Waals surface area contributed by atoms with E-state index >= 15 is 0 Å². The molecule has 2 saturated heterocycles. The molecule has 1 amide bonds. The summed E-state index contributed by atoms with van der Waals surface area (Å²) in [7, 11) is -2.86. The van der Waals surface area contributed by atoms with Gasteiger partial charge in [-0.15, -0.1) is 0 Å². The quantitative estimate of drug-likeness (QED) is 0.729. The summed E-state index contributed by atoms with van der Waals surface area (Å²) < 4.78 is 23.3. The fourth-order valence-corrected chi connectivity index (χ4v) is 4.90. The van der Waals surface area contributed by atoms with Gasteiger partial charge in [0.15, 0.2) is 9.84 Å². The number of carbonyl (C=O) groups is 1. The zero-order valence-corrected chi connectivity index (χ0v) is 13.7. The summed E-state index contributed by atoms with van der Waals surface area (Å²) in [5, 5.41) is 3.24. The summed E-state index contributed by atoms with van der Waals surface area (Å²) in [6, 6.07) is 0.103. The first-order valence-electron chi connectivity index (χ1n) is 7.95. The molecule has 0 aromatic rings. The van der Waals surface area contributed by atoms with Gasteiger partial charge in [0.25, 0.3) is 0 Å². The highest BCUT2D eigenvalue weighted by Crippen LogP contribution is 2.18. The van der Waals surface area contributed by atoms with E-state index in [0.717, 1.165) is 39.1 Å². The van der Waals surface area contributed by atoms with Crippen LogP contribution in [0.1, 0.15) is 26.2 Å². The van der Waals surface area contributed by atoms with Crippen LogP contribution >= 0.6 is 0 Å². The molecule has 0 aromatic heterocycles. The van der Waals surface area contributed by atoms with E-state index in [1.54, 1.807) is 0 Å². The summed E-state index contributed by atoms with van der Waals surface area (Å²) in [6.07, 6.45) is 2.19. The molecule has 2 heterocycles. The largest absolute Gasteiger partial charge is 0.340 e. The van der Waals surface area contributed by atoms with E-state index in [2.05, 4.69) is 17.1 Å². The van der Waals surface area contributed by atoms with Crippen LogP contribution in [0.25, 0.3) is 0 Å². The summed E-state index contributed by atoms with van der Waals surface area (Å²) in [5.74, 6) is 0.747. The second-order valence-electron chi connectivity index (χ2n) is 5.97. The van der Waals surface area contributed by atoms with Crippen LogP contribution < -0.4 is 5.32 Å². The molecule has 0 spiro atoms. The van der Waals surface area contributed by atoms with Gasteiger partial charge in [-0.1, -0.05) is 6.92 Å². The van der Waals surface area contributed by atoms with Crippen LogP contribution in [-0.4, -0.2) is 80.9 Å². The van der Waals surface area contributed by atoms with E-state index in [1.165, 1.54) is 0 Å². The average Bonchev–Trinajstić information content (AvgIpc) is 2.84. The molecule has 2 aliphatic rings. The molecule has 6 nitrogen and oxygen atoms in total. The van der Waals surface area contributed by atoms with E-state index in [9.17, 15) is 13.2 Å². The van der Waals surface area contributed by atoms with Crippen molar-refractivity contribution in [2.75, 3.05) is 50.8 Å². The van der Waals surface area contributed by atoms with E-state index < -0.39 is 9.84 Å². The fraction of sp³-hybridized carbons (Fsp3) is 0.929. The van der Waals surface area contributed by atoms with Crippen LogP contribution in [0.5, 0.6) is 0 Å². The Morgan fingerprint density at radius 1 is 1.29 bits per heavy atom. The summed E-state index contributed by atoms with van der Waals surface area (Å²) in [5.41, 5.74) is 0. The average molecular weight is 317 g/mol. The minimum Gasteiger partial charge on any atom is -0.340 e. The van der Waals surface area contributed by atoms with Crippen molar-refractivity contribution in [3.8, 4) is 0 Å². The van der Waals surface area contributed by atoms with Gasteiger partial charge in [0, 0.05) is 45.2 Å². The Kier molecular flexibility index (Phi) is 6.01. The zero-order valence-electron chi connectivity index (χ0n) is 12.9.